The Morgan fingerprint density at radius 2 is 1.92 bits per heavy atom. The molecule has 0 amide bonds. The molecule has 0 aliphatic rings. The Morgan fingerprint density at radius 3 is 2.54 bits per heavy atom. The normalized spacial score (nSPS) is 9.85. The lowest BCUT2D eigenvalue weighted by atomic mass is 10.2. The molecule has 2 aromatic rings. The minimum Gasteiger partial charge on any atom is -0.428 e. The van der Waals surface area contributed by atoms with Crippen LogP contribution in [0.2, 0.25) is 0 Å². The summed E-state index contributed by atoms with van der Waals surface area (Å²) in [5.74, 6) is 0. The van der Waals surface area contributed by atoms with Crippen LogP contribution in [0.5, 0.6) is 0 Å². The summed E-state index contributed by atoms with van der Waals surface area (Å²) in [7, 11) is 0. The van der Waals surface area contributed by atoms with Crippen LogP contribution in [-0.2, 0) is 0 Å². The molecular weight excluding hydrogens is 166 g/mol. The van der Waals surface area contributed by atoms with E-state index < -0.39 is 5.63 Å². The summed E-state index contributed by atoms with van der Waals surface area (Å²) in [5, 5.41) is 0. The molecule has 0 radical (unpaired) electrons. The summed E-state index contributed by atoms with van der Waals surface area (Å²) in [6.45, 7) is 0. The minimum atomic E-state index is -0.431. The molecule has 0 bridgehead atoms. The predicted octanol–water partition coefficient (Wildman–Crippen LogP) is 1.70. The number of hydrogen-bond acceptors (Lipinski definition) is 3. The highest BCUT2D eigenvalue weighted by Crippen LogP contribution is 2.13. The zero-order valence-corrected chi connectivity index (χ0v) is 6.81. The molecule has 2 rings (SSSR count). The molecule has 64 valence electrons. The number of nitrogens with zero attached hydrogens (tertiary/aromatic N) is 1. The first-order chi connectivity index (χ1) is 6.36. The van der Waals surface area contributed by atoms with Gasteiger partial charge in [-0.15, -0.1) is 0 Å². The Balaban J connectivity index is 2.48. The van der Waals surface area contributed by atoms with Crippen molar-refractivity contribution in [3.8, 4) is 11.3 Å². The SMILES string of the molecule is O=c1cnc(-c2ccccc2)co1. The summed E-state index contributed by atoms with van der Waals surface area (Å²) in [6.07, 6.45) is 2.53. The highest BCUT2D eigenvalue weighted by Gasteiger charge is 1.97. The van der Waals surface area contributed by atoms with Crippen molar-refractivity contribution >= 4 is 0 Å². The Hall–Kier alpha value is -1.90. The van der Waals surface area contributed by atoms with Crippen LogP contribution in [0, 0.1) is 0 Å². The lowest BCUT2D eigenvalue weighted by Crippen LogP contribution is -1.97. The maximum atomic E-state index is 10.6. The van der Waals surface area contributed by atoms with Gasteiger partial charge >= 0.3 is 5.63 Å². The molecule has 3 heteroatoms. The van der Waals surface area contributed by atoms with E-state index in [0.717, 1.165) is 5.56 Å². The molecular formula is C10H7NO2. The van der Waals surface area contributed by atoms with E-state index in [1.165, 1.54) is 12.5 Å². The second kappa shape index (κ2) is 3.23. The van der Waals surface area contributed by atoms with E-state index in [1.807, 2.05) is 30.3 Å². The maximum absolute atomic E-state index is 10.6. The molecule has 1 heterocycles. The number of benzene rings is 1. The third-order valence-corrected chi connectivity index (χ3v) is 1.67. The number of aromatic nitrogens is 1. The van der Waals surface area contributed by atoms with Gasteiger partial charge < -0.3 is 4.42 Å². The first kappa shape index (κ1) is 7.73. The molecule has 0 unspecified atom stereocenters. The number of rotatable bonds is 1. The zero-order chi connectivity index (χ0) is 9.10. The van der Waals surface area contributed by atoms with Gasteiger partial charge in [0.25, 0.3) is 0 Å². The summed E-state index contributed by atoms with van der Waals surface area (Å²) >= 11 is 0. The molecule has 0 saturated heterocycles. The Bertz CT molecular complexity index is 427. The van der Waals surface area contributed by atoms with Gasteiger partial charge in [-0.25, -0.2) is 9.78 Å². The lowest BCUT2D eigenvalue weighted by Gasteiger charge is -1.96. The molecule has 0 aliphatic carbocycles. The van der Waals surface area contributed by atoms with Crippen molar-refractivity contribution in [2.45, 2.75) is 0 Å². The highest BCUT2D eigenvalue weighted by atomic mass is 16.4. The molecule has 1 aromatic heterocycles. The molecule has 0 spiro atoms. The van der Waals surface area contributed by atoms with Gasteiger partial charge in [-0.3, -0.25) is 0 Å². The average Bonchev–Trinajstić information content (AvgIpc) is 2.20. The predicted molar refractivity (Wildman–Crippen MR) is 48.2 cm³/mol. The van der Waals surface area contributed by atoms with Crippen LogP contribution in [-0.4, -0.2) is 4.98 Å². The van der Waals surface area contributed by atoms with E-state index in [0.29, 0.717) is 5.69 Å². The van der Waals surface area contributed by atoms with Crippen LogP contribution in [0.25, 0.3) is 11.3 Å². The summed E-state index contributed by atoms with van der Waals surface area (Å²) in [4.78, 5) is 14.6. The summed E-state index contributed by atoms with van der Waals surface area (Å²) in [6, 6.07) is 9.54. The van der Waals surface area contributed by atoms with Crippen molar-refractivity contribution in [3.63, 3.8) is 0 Å². The lowest BCUT2D eigenvalue weighted by molar-refractivity contribution is 0.505. The van der Waals surface area contributed by atoms with Crippen molar-refractivity contribution in [1.82, 2.24) is 4.98 Å². The van der Waals surface area contributed by atoms with E-state index in [2.05, 4.69) is 4.98 Å². The third-order valence-electron chi connectivity index (χ3n) is 1.67. The second-order valence-corrected chi connectivity index (χ2v) is 2.56. The second-order valence-electron chi connectivity index (χ2n) is 2.56. The fourth-order valence-corrected chi connectivity index (χ4v) is 1.05. The molecule has 0 atom stereocenters. The van der Waals surface area contributed by atoms with Gasteiger partial charge in [-0.2, -0.15) is 0 Å². The maximum Gasteiger partial charge on any atom is 0.354 e. The fraction of sp³-hybridized carbons (Fsp3) is 0. The van der Waals surface area contributed by atoms with E-state index in [9.17, 15) is 4.79 Å². The largest absolute Gasteiger partial charge is 0.428 e. The van der Waals surface area contributed by atoms with Crippen molar-refractivity contribution in [2.24, 2.45) is 0 Å². The first-order valence-corrected chi connectivity index (χ1v) is 3.86. The molecule has 0 saturated carbocycles. The van der Waals surface area contributed by atoms with Gasteiger partial charge in [0, 0.05) is 5.56 Å². The standard InChI is InChI=1S/C10H7NO2/c12-10-6-11-9(7-13-10)8-4-2-1-3-5-8/h1-7H. The topological polar surface area (TPSA) is 43.1 Å². The van der Waals surface area contributed by atoms with E-state index in [1.54, 1.807) is 0 Å². The molecule has 0 fully saturated rings. The Labute approximate surface area is 74.7 Å². The van der Waals surface area contributed by atoms with Gasteiger partial charge in [0.15, 0.2) is 0 Å². The first-order valence-electron chi connectivity index (χ1n) is 3.86. The van der Waals surface area contributed by atoms with Crippen LogP contribution in [0.15, 0.2) is 52.0 Å². The van der Waals surface area contributed by atoms with Gasteiger partial charge in [-0.05, 0) is 0 Å². The van der Waals surface area contributed by atoms with E-state index in [4.69, 9.17) is 4.42 Å². The van der Waals surface area contributed by atoms with Gasteiger partial charge in [0.1, 0.15) is 18.2 Å². The average molecular weight is 173 g/mol. The molecule has 3 nitrogen and oxygen atoms in total. The molecule has 13 heavy (non-hydrogen) atoms. The van der Waals surface area contributed by atoms with Crippen LogP contribution in [0.4, 0.5) is 0 Å². The molecule has 0 N–H and O–H groups in total. The highest BCUT2D eigenvalue weighted by molar-refractivity contribution is 5.56. The van der Waals surface area contributed by atoms with E-state index in [-0.39, 0.29) is 0 Å². The van der Waals surface area contributed by atoms with Crippen molar-refractivity contribution in [1.29, 1.82) is 0 Å². The summed E-state index contributed by atoms with van der Waals surface area (Å²) in [5.41, 5.74) is 1.17. The van der Waals surface area contributed by atoms with Gasteiger partial charge in [0.2, 0.25) is 0 Å². The molecule has 0 aliphatic heterocycles. The van der Waals surface area contributed by atoms with E-state index >= 15 is 0 Å². The smallest absolute Gasteiger partial charge is 0.354 e. The van der Waals surface area contributed by atoms with Gasteiger partial charge in [-0.1, -0.05) is 30.3 Å². The Kier molecular flexibility index (Phi) is 1.92. The van der Waals surface area contributed by atoms with Crippen molar-refractivity contribution < 1.29 is 4.42 Å². The minimum absolute atomic E-state index is 0.431. The van der Waals surface area contributed by atoms with Crippen molar-refractivity contribution in [2.75, 3.05) is 0 Å². The van der Waals surface area contributed by atoms with Crippen LogP contribution >= 0.6 is 0 Å². The van der Waals surface area contributed by atoms with Crippen LogP contribution in [0.1, 0.15) is 0 Å². The van der Waals surface area contributed by atoms with Crippen LogP contribution in [0.3, 0.4) is 0 Å². The zero-order valence-electron chi connectivity index (χ0n) is 6.81. The number of hydrogen-bond donors (Lipinski definition) is 0. The fourth-order valence-electron chi connectivity index (χ4n) is 1.05. The van der Waals surface area contributed by atoms with Gasteiger partial charge in [0.05, 0.1) is 0 Å². The third kappa shape index (κ3) is 1.64. The summed E-state index contributed by atoms with van der Waals surface area (Å²) < 4.78 is 4.69. The molecule has 1 aromatic carbocycles. The Morgan fingerprint density at radius 1 is 1.15 bits per heavy atom. The monoisotopic (exact) mass is 173 g/mol. The van der Waals surface area contributed by atoms with Crippen LogP contribution < -0.4 is 5.63 Å². The van der Waals surface area contributed by atoms with Crippen molar-refractivity contribution in [3.05, 3.63) is 53.2 Å². The quantitative estimate of drug-likeness (QED) is 0.659.